The summed E-state index contributed by atoms with van der Waals surface area (Å²) >= 11 is 5.70. The van der Waals surface area contributed by atoms with Gasteiger partial charge in [0.05, 0.1) is 5.69 Å². The number of hydrogen-bond donors (Lipinski definition) is 2. The number of carboxylic acid groups (broad SMARTS) is 1. The first-order valence-electron chi connectivity index (χ1n) is 3.67. The van der Waals surface area contributed by atoms with Crippen LogP contribution in [-0.4, -0.2) is 26.9 Å². The van der Waals surface area contributed by atoms with Crippen LogP contribution in [0.4, 0.5) is 0 Å². The highest BCUT2D eigenvalue weighted by Gasteiger charge is 2.14. The van der Waals surface area contributed by atoms with Crippen molar-refractivity contribution >= 4 is 17.6 Å². The average molecular weight is 204 g/mol. The van der Waals surface area contributed by atoms with Crippen LogP contribution in [0.15, 0.2) is 6.07 Å². The van der Waals surface area contributed by atoms with E-state index in [2.05, 4.69) is 5.10 Å². The molecule has 0 amide bonds. The van der Waals surface area contributed by atoms with E-state index in [-0.39, 0.29) is 6.42 Å². The molecular formula is C7H10ClN3O2. The van der Waals surface area contributed by atoms with E-state index >= 15 is 0 Å². The Balaban J connectivity index is 2.69. The number of aromatic nitrogens is 2. The van der Waals surface area contributed by atoms with Crippen molar-refractivity contribution in [3.63, 3.8) is 0 Å². The second-order valence-electron chi connectivity index (χ2n) is 2.73. The van der Waals surface area contributed by atoms with E-state index < -0.39 is 12.0 Å². The summed E-state index contributed by atoms with van der Waals surface area (Å²) in [7, 11) is 1.68. The molecule has 1 aromatic rings. The van der Waals surface area contributed by atoms with Gasteiger partial charge < -0.3 is 10.8 Å². The summed E-state index contributed by atoms with van der Waals surface area (Å²) in [6, 6.07) is 0.677. The molecule has 1 aromatic heterocycles. The highest BCUT2D eigenvalue weighted by molar-refractivity contribution is 6.29. The van der Waals surface area contributed by atoms with Gasteiger partial charge in [0.15, 0.2) is 0 Å². The minimum absolute atomic E-state index is 0.190. The number of carboxylic acids is 1. The summed E-state index contributed by atoms with van der Waals surface area (Å²) in [5, 5.41) is 13.0. The second kappa shape index (κ2) is 3.76. The number of nitrogens with two attached hydrogens (primary N) is 1. The number of carbonyl (C=O) groups is 1. The molecule has 5 nitrogen and oxygen atoms in total. The summed E-state index contributed by atoms with van der Waals surface area (Å²) in [5.41, 5.74) is 5.90. The van der Waals surface area contributed by atoms with Crippen molar-refractivity contribution in [2.75, 3.05) is 0 Å². The van der Waals surface area contributed by atoms with Crippen molar-refractivity contribution in [2.24, 2.45) is 12.8 Å². The van der Waals surface area contributed by atoms with Crippen LogP contribution in [0.5, 0.6) is 0 Å². The zero-order chi connectivity index (χ0) is 10.0. The van der Waals surface area contributed by atoms with E-state index in [0.29, 0.717) is 10.8 Å². The number of rotatable bonds is 3. The van der Waals surface area contributed by atoms with Gasteiger partial charge in [-0.2, -0.15) is 5.10 Å². The maximum atomic E-state index is 10.4. The maximum Gasteiger partial charge on any atom is 0.320 e. The van der Waals surface area contributed by atoms with Gasteiger partial charge in [-0.3, -0.25) is 9.48 Å². The summed E-state index contributed by atoms with van der Waals surface area (Å²) in [6.07, 6.45) is 0.190. The Kier molecular flexibility index (Phi) is 2.90. The first-order chi connectivity index (χ1) is 6.00. The summed E-state index contributed by atoms with van der Waals surface area (Å²) in [4.78, 5) is 10.4. The Morgan fingerprint density at radius 3 is 2.92 bits per heavy atom. The Morgan fingerprint density at radius 2 is 2.54 bits per heavy atom. The summed E-state index contributed by atoms with van der Waals surface area (Å²) in [6.45, 7) is 0. The van der Waals surface area contributed by atoms with Crippen molar-refractivity contribution in [1.82, 2.24) is 9.78 Å². The minimum atomic E-state index is -1.04. The van der Waals surface area contributed by atoms with E-state index in [1.54, 1.807) is 13.1 Å². The molecular weight excluding hydrogens is 194 g/mol. The van der Waals surface area contributed by atoms with Gasteiger partial charge in [-0.05, 0) is 6.07 Å². The molecule has 0 bridgehead atoms. The van der Waals surface area contributed by atoms with Crippen LogP contribution >= 0.6 is 11.6 Å². The molecule has 0 aliphatic carbocycles. The average Bonchev–Trinajstić information content (AvgIpc) is 2.31. The van der Waals surface area contributed by atoms with Crippen LogP contribution in [0, 0.1) is 0 Å². The molecule has 0 aliphatic heterocycles. The molecule has 1 rings (SSSR count). The van der Waals surface area contributed by atoms with Gasteiger partial charge in [0, 0.05) is 13.5 Å². The van der Waals surface area contributed by atoms with E-state index in [9.17, 15) is 4.79 Å². The van der Waals surface area contributed by atoms with Gasteiger partial charge in [-0.15, -0.1) is 0 Å². The fraction of sp³-hybridized carbons (Fsp3) is 0.429. The molecule has 0 radical (unpaired) electrons. The molecule has 0 spiro atoms. The molecule has 3 N–H and O–H groups in total. The topological polar surface area (TPSA) is 81.1 Å². The Morgan fingerprint density at radius 1 is 1.92 bits per heavy atom. The minimum Gasteiger partial charge on any atom is -0.480 e. The first kappa shape index (κ1) is 10.0. The smallest absolute Gasteiger partial charge is 0.320 e. The molecule has 0 saturated heterocycles. The normalized spacial score (nSPS) is 12.8. The van der Waals surface area contributed by atoms with Crippen molar-refractivity contribution in [3.05, 3.63) is 16.9 Å². The lowest BCUT2D eigenvalue weighted by Gasteiger charge is -2.01. The number of hydrogen-bond acceptors (Lipinski definition) is 3. The third-order valence-electron chi connectivity index (χ3n) is 1.62. The SMILES string of the molecule is Cn1nc(C[C@@H](N)C(=O)O)cc1Cl. The van der Waals surface area contributed by atoms with Crippen molar-refractivity contribution in [2.45, 2.75) is 12.5 Å². The van der Waals surface area contributed by atoms with Crippen LogP contribution in [0.1, 0.15) is 5.69 Å². The van der Waals surface area contributed by atoms with Gasteiger partial charge in [-0.1, -0.05) is 11.6 Å². The fourth-order valence-electron chi connectivity index (χ4n) is 0.913. The van der Waals surface area contributed by atoms with E-state index in [1.165, 1.54) is 4.68 Å². The Bertz CT molecular complexity index is 304. The Labute approximate surface area is 80.1 Å². The van der Waals surface area contributed by atoms with Crippen molar-refractivity contribution < 1.29 is 9.90 Å². The highest BCUT2D eigenvalue weighted by Crippen LogP contribution is 2.10. The van der Waals surface area contributed by atoms with Crippen LogP contribution in [0.2, 0.25) is 5.15 Å². The number of aliphatic carboxylic acids is 1. The van der Waals surface area contributed by atoms with Crippen LogP contribution in [0.3, 0.4) is 0 Å². The van der Waals surface area contributed by atoms with Crippen LogP contribution in [-0.2, 0) is 18.3 Å². The molecule has 0 unspecified atom stereocenters. The molecule has 0 aliphatic rings. The Hall–Kier alpha value is -1.07. The number of aryl methyl sites for hydroxylation is 1. The molecule has 0 aromatic carbocycles. The third kappa shape index (κ3) is 2.43. The van der Waals surface area contributed by atoms with Gasteiger partial charge in [0.25, 0.3) is 0 Å². The van der Waals surface area contributed by atoms with Crippen LogP contribution < -0.4 is 5.73 Å². The highest BCUT2D eigenvalue weighted by atomic mass is 35.5. The molecule has 6 heteroatoms. The lowest BCUT2D eigenvalue weighted by atomic mass is 10.2. The predicted molar refractivity (Wildman–Crippen MR) is 47.5 cm³/mol. The molecule has 13 heavy (non-hydrogen) atoms. The molecule has 1 heterocycles. The molecule has 0 saturated carbocycles. The molecule has 1 atom stereocenters. The van der Waals surface area contributed by atoms with Crippen LogP contribution in [0.25, 0.3) is 0 Å². The fourth-order valence-corrected chi connectivity index (χ4v) is 1.08. The van der Waals surface area contributed by atoms with E-state index in [1.807, 2.05) is 0 Å². The molecule has 0 fully saturated rings. The van der Waals surface area contributed by atoms with Gasteiger partial charge >= 0.3 is 5.97 Å². The third-order valence-corrected chi connectivity index (χ3v) is 1.97. The van der Waals surface area contributed by atoms with Crippen molar-refractivity contribution in [1.29, 1.82) is 0 Å². The zero-order valence-electron chi connectivity index (χ0n) is 7.07. The van der Waals surface area contributed by atoms with Crippen molar-refractivity contribution in [3.8, 4) is 0 Å². The predicted octanol–water partition coefficient (Wildman–Crippen LogP) is 0.0279. The zero-order valence-corrected chi connectivity index (χ0v) is 7.82. The molecule has 72 valence electrons. The maximum absolute atomic E-state index is 10.4. The summed E-state index contributed by atoms with van der Waals surface area (Å²) < 4.78 is 1.46. The van der Waals surface area contributed by atoms with Gasteiger partial charge in [0.1, 0.15) is 11.2 Å². The standard InChI is InChI=1S/C7H10ClN3O2/c1-11-6(8)3-4(10-11)2-5(9)7(12)13/h3,5H,2,9H2,1H3,(H,12,13)/t5-/m1/s1. The van der Waals surface area contributed by atoms with E-state index in [4.69, 9.17) is 22.4 Å². The summed E-state index contributed by atoms with van der Waals surface area (Å²) in [5.74, 6) is -1.04. The first-order valence-corrected chi connectivity index (χ1v) is 4.05. The quantitative estimate of drug-likeness (QED) is 0.726. The number of nitrogens with zero attached hydrogens (tertiary/aromatic N) is 2. The largest absolute Gasteiger partial charge is 0.480 e. The lowest BCUT2D eigenvalue weighted by Crippen LogP contribution is -2.32. The second-order valence-corrected chi connectivity index (χ2v) is 3.12. The van der Waals surface area contributed by atoms with E-state index in [0.717, 1.165) is 0 Å². The van der Waals surface area contributed by atoms with Gasteiger partial charge in [-0.25, -0.2) is 0 Å². The lowest BCUT2D eigenvalue weighted by molar-refractivity contribution is -0.138. The van der Waals surface area contributed by atoms with Gasteiger partial charge in [0.2, 0.25) is 0 Å². The monoisotopic (exact) mass is 203 g/mol. The number of halogens is 1.